The fourth-order valence-corrected chi connectivity index (χ4v) is 10.1. The molecule has 4 fully saturated rings. The van der Waals surface area contributed by atoms with Gasteiger partial charge >= 0.3 is 12.2 Å². The standard InChI is InChI=1S/C35H35N5.C8H14N2O3.C4H7NO3.2C3H8.C2H6/c1-40-31-17-24(31)18-32(40)34-38-28-11-8-23(16-29(28)39-34)26-10-9-25(27-12-15-35(33(26)27)13-2-3-14-35)21-4-6-22(7-5-21)30-19-36-20-37-30;1-13-8(12)9-6-7(11)10-4-2-3-5-10;1-8-4(7)5-2-3-6;2*1-3-2;1-2/h4-11,16,19-20,24,31-32H,2-3,12-15,17-18H2,1H3,(H,36,37)(H,38,39);2-6H2,1H3,(H,9,12);3H,2H2,1H3,(H,5,7);2*3H2,1-2H3;1-2H3. The van der Waals surface area contributed by atoms with Crippen LogP contribution in [0, 0.1) is 5.92 Å². The Morgan fingerprint density at radius 3 is 2.03 bits per heavy atom. The number of hydrogen-bond acceptors (Lipinski definition) is 9. The number of aromatic nitrogens is 4. The monoisotopic (exact) mass is 947 g/mol. The van der Waals surface area contributed by atoms with Crippen LogP contribution in [-0.2, 0) is 30.9 Å². The Kier molecular flexibility index (Phi) is 20.8. The van der Waals surface area contributed by atoms with Crippen LogP contribution >= 0.6 is 0 Å². The van der Waals surface area contributed by atoms with Gasteiger partial charge < -0.3 is 39.8 Å². The largest absolute Gasteiger partial charge is 0.453 e. The zero-order chi connectivity index (χ0) is 49.9. The van der Waals surface area contributed by atoms with E-state index in [1.807, 2.05) is 20.0 Å². The summed E-state index contributed by atoms with van der Waals surface area (Å²) in [7, 11) is 4.79. The van der Waals surface area contributed by atoms with Gasteiger partial charge in [-0.05, 0) is 121 Å². The number of aldehydes is 1. The van der Waals surface area contributed by atoms with Gasteiger partial charge in [0, 0.05) is 19.1 Å². The molecule has 10 rings (SSSR count). The first-order chi connectivity index (χ1) is 33.5. The van der Waals surface area contributed by atoms with Crippen molar-refractivity contribution in [2.45, 2.75) is 136 Å². The second kappa shape index (κ2) is 26.7. The van der Waals surface area contributed by atoms with Crippen LogP contribution in [0.3, 0.4) is 0 Å². The number of amides is 3. The van der Waals surface area contributed by atoms with Crippen molar-refractivity contribution >= 4 is 35.4 Å². The van der Waals surface area contributed by atoms with Gasteiger partial charge in [0.05, 0.1) is 56.1 Å². The highest BCUT2D eigenvalue weighted by molar-refractivity contribution is 5.86. The number of hydrogen-bond donors (Lipinski definition) is 4. The summed E-state index contributed by atoms with van der Waals surface area (Å²) in [5.41, 5.74) is 13.5. The van der Waals surface area contributed by atoms with E-state index >= 15 is 0 Å². The van der Waals surface area contributed by atoms with Gasteiger partial charge in [-0.15, -0.1) is 0 Å². The number of H-pyrrole nitrogens is 2. The van der Waals surface area contributed by atoms with Crippen LogP contribution < -0.4 is 10.6 Å². The van der Waals surface area contributed by atoms with E-state index in [0.717, 1.165) is 54.9 Å². The van der Waals surface area contributed by atoms with E-state index in [1.165, 1.54) is 112 Å². The molecule has 69 heavy (non-hydrogen) atoms. The van der Waals surface area contributed by atoms with Crippen molar-refractivity contribution in [1.29, 1.82) is 0 Å². The van der Waals surface area contributed by atoms with Gasteiger partial charge in [0.25, 0.3) is 0 Å². The Balaban J connectivity index is 0.000000253. The summed E-state index contributed by atoms with van der Waals surface area (Å²) in [5, 5.41) is 4.51. The average Bonchev–Trinajstić information content (AvgIpc) is 4.15. The molecule has 14 nitrogen and oxygen atoms in total. The number of rotatable bonds is 8. The number of carbonyl (C=O) groups is 4. The second-order valence-electron chi connectivity index (χ2n) is 18.3. The molecule has 2 saturated heterocycles. The predicted molar refractivity (Wildman–Crippen MR) is 276 cm³/mol. The SMILES string of the molecule is CC.CCC.CCC.CN1C(c2nc3ccc(-c4ccc(-c5ccc(-c6cnc[nH]6)cc5)c5c4C4(CCCC4)CC5)cc3[nH]2)CC2CC21.COC(=O)NCC(=O)N1CCCC1.COC(=O)NCC=O. The van der Waals surface area contributed by atoms with E-state index in [4.69, 9.17) is 4.98 Å². The first-order valence-corrected chi connectivity index (χ1v) is 25.4. The number of nitrogens with zero attached hydrogens (tertiary/aromatic N) is 4. The van der Waals surface area contributed by atoms with Crippen molar-refractivity contribution in [2.24, 2.45) is 5.92 Å². The molecule has 374 valence electrons. The lowest BCUT2D eigenvalue weighted by atomic mass is 9.76. The zero-order valence-corrected chi connectivity index (χ0v) is 42.7. The number of imidazole rings is 2. The normalized spacial score (nSPS) is 18.7. The van der Waals surface area contributed by atoms with E-state index in [9.17, 15) is 19.2 Å². The molecule has 2 aliphatic heterocycles. The Morgan fingerprint density at radius 1 is 0.812 bits per heavy atom. The molecule has 14 heteroatoms. The molecule has 4 heterocycles. The summed E-state index contributed by atoms with van der Waals surface area (Å²) >= 11 is 0. The molecule has 0 radical (unpaired) electrons. The average molecular weight is 947 g/mol. The number of methoxy groups -OCH3 is 2. The number of aromatic amines is 2. The number of nitrogens with one attached hydrogen (secondary N) is 4. The highest BCUT2D eigenvalue weighted by atomic mass is 16.5. The molecule has 3 aliphatic carbocycles. The van der Waals surface area contributed by atoms with Crippen LogP contribution in [0.15, 0.2) is 67.1 Å². The van der Waals surface area contributed by atoms with Crippen LogP contribution in [0.4, 0.5) is 9.59 Å². The van der Waals surface area contributed by atoms with Gasteiger partial charge in [0.2, 0.25) is 5.91 Å². The van der Waals surface area contributed by atoms with Gasteiger partial charge in [-0.3, -0.25) is 9.69 Å². The van der Waals surface area contributed by atoms with E-state index in [0.29, 0.717) is 17.7 Å². The summed E-state index contributed by atoms with van der Waals surface area (Å²) < 4.78 is 8.49. The van der Waals surface area contributed by atoms with Crippen LogP contribution in [0.2, 0.25) is 0 Å². The predicted octanol–water partition coefficient (Wildman–Crippen LogP) is 11.2. The number of likely N-dealkylation sites (tertiary alicyclic amines) is 2. The van der Waals surface area contributed by atoms with E-state index in [-0.39, 0.29) is 19.0 Å². The number of ether oxygens (including phenoxy) is 2. The van der Waals surface area contributed by atoms with Crippen molar-refractivity contribution in [2.75, 3.05) is 47.4 Å². The molecule has 5 aromatic rings. The molecule has 3 unspecified atom stereocenters. The van der Waals surface area contributed by atoms with Gasteiger partial charge in [-0.2, -0.15) is 0 Å². The molecule has 2 aromatic heterocycles. The topological polar surface area (TPSA) is 175 Å². The van der Waals surface area contributed by atoms with Crippen molar-refractivity contribution in [1.82, 2.24) is 40.4 Å². The summed E-state index contributed by atoms with van der Waals surface area (Å²) in [4.78, 5) is 62.1. The first-order valence-electron chi connectivity index (χ1n) is 25.4. The molecule has 0 bridgehead atoms. The molecular formula is C55H78N8O6. The van der Waals surface area contributed by atoms with E-state index < -0.39 is 12.2 Å². The number of carbonyl (C=O) groups excluding carboxylic acids is 4. The first kappa shape index (κ1) is 53.9. The molecular weight excluding hydrogens is 869 g/mol. The lowest BCUT2D eigenvalue weighted by molar-refractivity contribution is -0.129. The molecule has 3 aromatic carbocycles. The third-order valence-electron chi connectivity index (χ3n) is 13.4. The Labute approximate surface area is 410 Å². The molecule has 3 amide bonds. The Bertz CT molecular complexity index is 2380. The minimum Gasteiger partial charge on any atom is -0.453 e. The van der Waals surface area contributed by atoms with E-state index in [2.05, 4.69) is 129 Å². The lowest BCUT2D eigenvalue weighted by Gasteiger charge is -2.28. The van der Waals surface area contributed by atoms with Crippen LogP contribution in [0.25, 0.3) is 44.5 Å². The maximum atomic E-state index is 11.3. The molecule has 1 spiro atoms. The smallest absolute Gasteiger partial charge is 0.407 e. The number of fused-ring (bicyclic) bond motifs is 4. The van der Waals surface area contributed by atoms with Crippen LogP contribution in [-0.4, -0.2) is 108 Å². The number of piperidine rings is 1. The summed E-state index contributed by atoms with van der Waals surface area (Å²) in [6, 6.07) is 22.0. The van der Waals surface area contributed by atoms with Crippen molar-refractivity contribution < 1.29 is 28.7 Å². The fraction of sp³-hybridized carbons (Fsp3) is 0.527. The summed E-state index contributed by atoms with van der Waals surface area (Å²) in [6.07, 6.45) is 18.1. The minimum absolute atomic E-state index is 0.00662. The van der Waals surface area contributed by atoms with Gasteiger partial charge in [-0.25, -0.2) is 19.6 Å². The summed E-state index contributed by atoms with van der Waals surface area (Å²) in [5.74, 6) is 1.99. The highest BCUT2D eigenvalue weighted by Crippen LogP contribution is 2.56. The van der Waals surface area contributed by atoms with E-state index in [1.54, 1.807) is 22.4 Å². The number of benzene rings is 3. The summed E-state index contributed by atoms with van der Waals surface area (Å²) in [6.45, 7) is 14.2. The second-order valence-corrected chi connectivity index (χ2v) is 18.3. The van der Waals surface area contributed by atoms with Gasteiger partial charge in [0.1, 0.15) is 18.7 Å². The maximum Gasteiger partial charge on any atom is 0.407 e. The highest BCUT2D eigenvalue weighted by Gasteiger charge is 2.51. The quantitative estimate of drug-likeness (QED) is 0.110. The Morgan fingerprint density at radius 2 is 1.43 bits per heavy atom. The fourth-order valence-electron chi connectivity index (χ4n) is 10.1. The lowest BCUT2D eigenvalue weighted by Crippen LogP contribution is -2.38. The maximum absolute atomic E-state index is 11.3. The number of alkyl carbamates (subject to hydrolysis) is 2. The van der Waals surface area contributed by atoms with Gasteiger partial charge in [0.15, 0.2) is 0 Å². The van der Waals surface area contributed by atoms with Crippen molar-refractivity contribution in [3.8, 4) is 33.5 Å². The Hall–Kier alpha value is -6.02. The van der Waals surface area contributed by atoms with Crippen molar-refractivity contribution in [3.63, 3.8) is 0 Å². The third-order valence-corrected chi connectivity index (χ3v) is 13.4. The third kappa shape index (κ3) is 13.6. The molecule has 4 N–H and O–H groups in total. The zero-order valence-electron chi connectivity index (χ0n) is 42.7. The van der Waals surface area contributed by atoms with Crippen LogP contribution in [0.1, 0.15) is 135 Å². The van der Waals surface area contributed by atoms with Gasteiger partial charge in [-0.1, -0.05) is 110 Å². The molecule has 3 atom stereocenters. The molecule has 2 saturated carbocycles. The minimum atomic E-state index is -0.586. The molecule has 5 aliphatic rings. The van der Waals surface area contributed by atoms with Crippen molar-refractivity contribution in [3.05, 3.63) is 84.1 Å². The van der Waals surface area contributed by atoms with Crippen LogP contribution in [0.5, 0.6) is 0 Å².